The normalized spacial score (nSPS) is 19.0. The first-order chi connectivity index (χ1) is 11.4. The maximum atomic E-state index is 13.0. The summed E-state index contributed by atoms with van der Waals surface area (Å²) in [4.78, 5) is 22.3. The van der Waals surface area contributed by atoms with Crippen LogP contribution in [0.4, 0.5) is 5.00 Å². The molecule has 1 saturated heterocycles. The van der Waals surface area contributed by atoms with Gasteiger partial charge in [0.2, 0.25) is 5.91 Å². The van der Waals surface area contributed by atoms with E-state index >= 15 is 0 Å². The average Bonchev–Trinajstić information content (AvgIpc) is 3.06. The molecular weight excluding hydrogens is 354 g/mol. The molecule has 10 heteroatoms. The van der Waals surface area contributed by atoms with Crippen LogP contribution in [0.1, 0.15) is 11.6 Å². The molecule has 1 N–H and O–H groups in total. The van der Waals surface area contributed by atoms with E-state index in [0.717, 1.165) is 15.6 Å². The third kappa shape index (κ3) is 2.79. The van der Waals surface area contributed by atoms with Gasteiger partial charge in [-0.3, -0.25) is 14.9 Å². The fraction of sp³-hybridized carbons (Fsp3) is 0.214. The highest BCUT2D eigenvalue weighted by molar-refractivity contribution is 7.89. The summed E-state index contributed by atoms with van der Waals surface area (Å²) in [7, 11) is -4.18. The van der Waals surface area contributed by atoms with Gasteiger partial charge in [0.25, 0.3) is 10.0 Å². The number of hydrogen-bond donors (Lipinski definition) is 1. The Morgan fingerprint density at radius 3 is 2.62 bits per heavy atom. The SMILES string of the molecule is O=C1NCCN(S(=O)(=O)c2ccsc2[N+](=O)[O-])C1c1ccccc1. The van der Waals surface area contributed by atoms with Crippen molar-refractivity contribution in [2.24, 2.45) is 0 Å². The van der Waals surface area contributed by atoms with Crippen LogP contribution in [-0.4, -0.2) is 36.6 Å². The number of sulfonamides is 1. The Balaban J connectivity index is 2.09. The van der Waals surface area contributed by atoms with Crippen LogP contribution in [0.15, 0.2) is 46.7 Å². The molecule has 2 aromatic rings. The predicted molar refractivity (Wildman–Crippen MR) is 87.1 cm³/mol. The number of nitro groups is 1. The molecule has 1 aliphatic heterocycles. The Morgan fingerprint density at radius 2 is 1.96 bits per heavy atom. The van der Waals surface area contributed by atoms with E-state index in [4.69, 9.17) is 0 Å². The van der Waals surface area contributed by atoms with Gasteiger partial charge in [-0.25, -0.2) is 8.42 Å². The van der Waals surface area contributed by atoms with E-state index < -0.39 is 31.9 Å². The van der Waals surface area contributed by atoms with Crippen LogP contribution >= 0.6 is 11.3 Å². The second-order valence-electron chi connectivity index (χ2n) is 5.07. The summed E-state index contributed by atoms with van der Waals surface area (Å²) in [5.74, 6) is -0.450. The van der Waals surface area contributed by atoms with Gasteiger partial charge in [-0.1, -0.05) is 41.7 Å². The van der Waals surface area contributed by atoms with Gasteiger partial charge in [-0.05, 0) is 17.0 Å². The number of nitrogens with zero attached hydrogens (tertiary/aromatic N) is 2. The summed E-state index contributed by atoms with van der Waals surface area (Å²) in [6, 6.07) is 8.62. The second kappa shape index (κ2) is 6.30. The van der Waals surface area contributed by atoms with E-state index in [1.165, 1.54) is 11.4 Å². The first kappa shape index (κ1) is 16.6. The lowest BCUT2D eigenvalue weighted by Crippen LogP contribution is -2.52. The summed E-state index contributed by atoms with van der Waals surface area (Å²) >= 11 is 0.741. The lowest BCUT2D eigenvalue weighted by Gasteiger charge is -2.33. The van der Waals surface area contributed by atoms with E-state index in [1.54, 1.807) is 30.3 Å². The number of hydrogen-bond acceptors (Lipinski definition) is 6. The van der Waals surface area contributed by atoms with E-state index in [-0.39, 0.29) is 18.0 Å². The maximum Gasteiger partial charge on any atom is 0.344 e. The quantitative estimate of drug-likeness (QED) is 0.651. The van der Waals surface area contributed by atoms with E-state index in [1.807, 2.05) is 0 Å². The lowest BCUT2D eigenvalue weighted by atomic mass is 10.1. The molecule has 1 unspecified atom stereocenters. The molecule has 1 fully saturated rings. The number of nitrogens with one attached hydrogen (secondary N) is 1. The van der Waals surface area contributed by atoms with Gasteiger partial charge < -0.3 is 5.32 Å². The third-order valence-corrected chi connectivity index (χ3v) is 6.54. The number of benzene rings is 1. The van der Waals surface area contributed by atoms with Gasteiger partial charge in [-0.15, -0.1) is 0 Å². The molecule has 0 radical (unpaired) electrons. The van der Waals surface area contributed by atoms with Crippen LogP contribution in [0.25, 0.3) is 0 Å². The van der Waals surface area contributed by atoms with Crippen molar-refractivity contribution in [3.63, 3.8) is 0 Å². The Bertz CT molecular complexity index is 879. The maximum absolute atomic E-state index is 13.0. The number of piperazine rings is 1. The summed E-state index contributed by atoms with van der Waals surface area (Å²) in [6.07, 6.45) is 0. The molecule has 1 atom stereocenters. The van der Waals surface area contributed by atoms with Crippen molar-refractivity contribution < 1.29 is 18.1 Å². The van der Waals surface area contributed by atoms with E-state index in [2.05, 4.69) is 5.32 Å². The van der Waals surface area contributed by atoms with Crippen LogP contribution in [0.2, 0.25) is 0 Å². The highest BCUT2D eigenvalue weighted by Gasteiger charge is 2.42. The van der Waals surface area contributed by atoms with Crippen molar-refractivity contribution in [3.8, 4) is 0 Å². The minimum absolute atomic E-state index is 0.0423. The second-order valence-corrected chi connectivity index (χ2v) is 7.82. The molecule has 1 aromatic heterocycles. The van der Waals surface area contributed by atoms with Crippen LogP contribution in [0.5, 0.6) is 0 Å². The molecule has 0 spiro atoms. The zero-order chi connectivity index (χ0) is 17.3. The molecule has 1 aliphatic rings. The summed E-state index contributed by atoms with van der Waals surface area (Å²) in [6.45, 7) is 0.194. The topological polar surface area (TPSA) is 110 Å². The molecule has 1 amide bonds. The van der Waals surface area contributed by atoms with Gasteiger partial charge in [0.1, 0.15) is 6.04 Å². The number of amides is 1. The highest BCUT2D eigenvalue weighted by atomic mass is 32.2. The zero-order valence-electron chi connectivity index (χ0n) is 12.3. The van der Waals surface area contributed by atoms with Crippen molar-refractivity contribution in [1.29, 1.82) is 0 Å². The van der Waals surface area contributed by atoms with Crippen molar-refractivity contribution in [2.45, 2.75) is 10.9 Å². The van der Waals surface area contributed by atoms with Crippen molar-refractivity contribution in [1.82, 2.24) is 9.62 Å². The van der Waals surface area contributed by atoms with Crippen LogP contribution < -0.4 is 5.32 Å². The minimum Gasteiger partial charge on any atom is -0.353 e. The van der Waals surface area contributed by atoms with Crippen molar-refractivity contribution >= 4 is 32.3 Å². The van der Waals surface area contributed by atoms with Gasteiger partial charge in [-0.2, -0.15) is 4.31 Å². The van der Waals surface area contributed by atoms with Crippen LogP contribution in [0.3, 0.4) is 0 Å². The monoisotopic (exact) mass is 367 g/mol. The molecule has 8 nitrogen and oxygen atoms in total. The molecular formula is C14H13N3O5S2. The fourth-order valence-corrected chi connectivity index (χ4v) is 5.37. The Labute approximate surface area is 141 Å². The average molecular weight is 367 g/mol. The number of carbonyl (C=O) groups is 1. The van der Waals surface area contributed by atoms with Gasteiger partial charge >= 0.3 is 5.00 Å². The molecule has 24 heavy (non-hydrogen) atoms. The van der Waals surface area contributed by atoms with Crippen LogP contribution in [0, 0.1) is 10.1 Å². The molecule has 0 aliphatic carbocycles. The van der Waals surface area contributed by atoms with Gasteiger partial charge in [0.05, 0.1) is 4.92 Å². The first-order valence-electron chi connectivity index (χ1n) is 6.99. The minimum atomic E-state index is -4.18. The first-order valence-corrected chi connectivity index (χ1v) is 9.31. The number of thiophene rings is 1. The largest absolute Gasteiger partial charge is 0.353 e. The zero-order valence-corrected chi connectivity index (χ0v) is 13.9. The third-order valence-electron chi connectivity index (χ3n) is 3.65. The number of rotatable bonds is 4. The molecule has 0 bridgehead atoms. The Morgan fingerprint density at radius 1 is 1.25 bits per heavy atom. The van der Waals surface area contributed by atoms with E-state index in [9.17, 15) is 23.3 Å². The molecule has 2 heterocycles. The standard InChI is InChI=1S/C14H13N3O5S2/c18-13-12(10-4-2-1-3-5-10)16(8-7-15-13)24(21,22)11-6-9-23-14(11)17(19)20/h1-6,9,12H,7-8H2,(H,15,18). The summed E-state index contributed by atoms with van der Waals surface area (Å²) < 4.78 is 26.9. The van der Waals surface area contributed by atoms with Crippen LogP contribution in [-0.2, 0) is 14.8 Å². The number of carbonyl (C=O) groups excluding carboxylic acids is 1. The van der Waals surface area contributed by atoms with Gasteiger partial charge in [0.15, 0.2) is 4.90 Å². The smallest absolute Gasteiger partial charge is 0.344 e. The molecule has 1 aromatic carbocycles. The van der Waals surface area contributed by atoms with Crippen molar-refractivity contribution in [3.05, 3.63) is 57.5 Å². The fourth-order valence-electron chi connectivity index (χ4n) is 2.60. The Hall–Kier alpha value is -2.30. The summed E-state index contributed by atoms with van der Waals surface area (Å²) in [5.41, 5.74) is 0.510. The predicted octanol–water partition coefficient (Wildman–Crippen LogP) is 1.52. The van der Waals surface area contributed by atoms with E-state index in [0.29, 0.717) is 5.56 Å². The highest BCUT2D eigenvalue weighted by Crippen LogP contribution is 2.36. The lowest BCUT2D eigenvalue weighted by molar-refractivity contribution is -0.383. The van der Waals surface area contributed by atoms with Gasteiger partial charge in [0, 0.05) is 13.1 Å². The van der Waals surface area contributed by atoms with Crippen molar-refractivity contribution in [2.75, 3.05) is 13.1 Å². The molecule has 3 rings (SSSR count). The molecule has 0 saturated carbocycles. The molecule has 126 valence electrons. The summed E-state index contributed by atoms with van der Waals surface area (Å²) in [5, 5.41) is 14.6. The Kier molecular flexibility index (Phi) is 4.35.